The van der Waals surface area contributed by atoms with Gasteiger partial charge in [-0.2, -0.15) is 0 Å². The minimum Gasteiger partial charge on any atom is -0.466 e. The van der Waals surface area contributed by atoms with Crippen LogP contribution in [0.15, 0.2) is 35.1 Å². The minimum absolute atomic E-state index is 0.184. The predicted molar refractivity (Wildman–Crippen MR) is 55.5 cm³/mol. The molecule has 1 aromatic carbocycles. The van der Waals surface area contributed by atoms with Crippen molar-refractivity contribution in [2.45, 2.75) is 0 Å². The lowest BCUT2D eigenvalue weighted by Gasteiger charge is -1.98. The van der Waals surface area contributed by atoms with Gasteiger partial charge >= 0.3 is 5.97 Å². The van der Waals surface area contributed by atoms with Crippen LogP contribution in [0.3, 0.4) is 0 Å². The number of hydrogen-bond donors (Lipinski definition) is 0. The van der Waals surface area contributed by atoms with E-state index in [-0.39, 0.29) is 11.5 Å². The maximum absolute atomic E-state index is 12.6. The van der Waals surface area contributed by atoms with Gasteiger partial charge in [0.2, 0.25) is 0 Å². The van der Waals surface area contributed by atoms with Gasteiger partial charge in [0.05, 0.1) is 7.11 Å². The minimum atomic E-state index is -0.748. The normalized spacial score (nSPS) is 10.5. The Kier molecular flexibility index (Phi) is 4.06. The van der Waals surface area contributed by atoms with Crippen LogP contribution in [0.4, 0.5) is 4.39 Å². The smallest absolute Gasteiger partial charge is 0.340 e. The van der Waals surface area contributed by atoms with Gasteiger partial charge in [0, 0.05) is 4.91 Å². The number of methoxy groups -OCH3 is 1. The molecule has 0 aromatic heterocycles. The molecule has 5 nitrogen and oxygen atoms in total. The Morgan fingerprint density at radius 3 is 2.62 bits per heavy atom. The first-order valence-corrected chi connectivity index (χ1v) is 4.28. The highest BCUT2D eigenvalue weighted by Gasteiger charge is 2.06. The van der Waals surface area contributed by atoms with Crippen LogP contribution in [-0.2, 0) is 9.53 Å². The van der Waals surface area contributed by atoms with E-state index in [4.69, 9.17) is 5.53 Å². The van der Waals surface area contributed by atoms with E-state index in [1.807, 2.05) is 0 Å². The molecule has 1 rings (SSSR count). The van der Waals surface area contributed by atoms with Crippen molar-refractivity contribution < 1.29 is 13.9 Å². The molecule has 82 valence electrons. The third-order valence-corrected chi connectivity index (χ3v) is 1.72. The van der Waals surface area contributed by atoms with Gasteiger partial charge in [0.25, 0.3) is 0 Å². The number of carbonyl (C=O) groups excluding carboxylic acids is 1. The summed E-state index contributed by atoms with van der Waals surface area (Å²) in [7, 11) is 1.17. The maximum Gasteiger partial charge on any atom is 0.340 e. The molecule has 0 spiro atoms. The van der Waals surface area contributed by atoms with Crippen LogP contribution in [-0.4, -0.2) is 13.1 Å². The van der Waals surface area contributed by atoms with E-state index in [1.54, 1.807) is 0 Å². The summed E-state index contributed by atoms with van der Waals surface area (Å²) in [5.74, 6) is -1.14. The first-order chi connectivity index (χ1) is 7.67. The van der Waals surface area contributed by atoms with Gasteiger partial charge in [-0.15, -0.1) is 0 Å². The zero-order chi connectivity index (χ0) is 12.0. The Bertz CT molecular complexity index is 461. The molecule has 0 unspecified atom stereocenters. The van der Waals surface area contributed by atoms with E-state index >= 15 is 0 Å². The van der Waals surface area contributed by atoms with Gasteiger partial charge in [-0.3, -0.25) is 0 Å². The van der Waals surface area contributed by atoms with Crippen LogP contribution < -0.4 is 0 Å². The molecule has 0 N–H and O–H groups in total. The van der Waals surface area contributed by atoms with Gasteiger partial charge in [-0.1, -0.05) is 17.2 Å². The number of ether oxygens (including phenoxy) is 1. The Labute approximate surface area is 90.8 Å². The van der Waals surface area contributed by atoms with E-state index < -0.39 is 5.97 Å². The molecule has 1 aromatic rings. The van der Waals surface area contributed by atoms with Crippen molar-refractivity contribution in [3.8, 4) is 0 Å². The Morgan fingerprint density at radius 1 is 1.50 bits per heavy atom. The van der Waals surface area contributed by atoms with Crippen LogP contribution in [0.2, 0.25) is 0 Å². The van der Waals surface area contributed by atoms with Gasteiger partial charge in [-0.05, 0) is 29.3 Å². The molecule has 0 amide bonds. The van der Waals surface area contributed by atoms with Gasteiger partial charge in [0.1, 0.15) is 11.5 Å². The fraction of sp³-hybridized carbons (Fsp3) is 0.100. The van der Waals surface area contributed by atoms with Crippen molar-refractivity contribution in [1.82, 2.24) is 0 Å². The molecule has 0 radical (unpaired) electrons. The lowest BCUT2D eigenvalue weighted by molar-refractivity contribution is -0.136. The molecule has 6 heteroatoms. The van der Waals surface area contributed by atoms with E-state index in [1.165, 1.54) is 37.5 Å². The highest BCUT2D eigenvalue weighted by molar-refractivity contribution is 5.93. The second-order valence-corrected chi connectivity index (χ2v) is 2.76. The molecule has 16 heavy (non-hydrogen) atoms. The summed E-state index contributed by atoms with van der Waals surface area (Å²) in [5.41, 5.74) is 8.61. The maximum atomic E-state index is 12.6. The highest BCUT2D eigenvalue weighted by Crippen LogP contribution is 2.10. The summed E-state index contributed by atoms with van der Waals surface area (Å²) in [6.45, 7) is 0. The first kappa shape index (κ1) is 11.7. The van der Waals surface area contributed by atoms with Crippen molar-refractivity contribution in [3.63, 3.8) is 0 Å². The predicted octanol–water partition coefficient (Wildman–Crippen LogP) is 2.65. The summed E-state index contributed by atoms with van der Waals surface area (Å²) in [6, 6.07) is 5.37. The van der Waals surface area contributed by atoms with Crippen molar-refractivity contribution in [2.24, 2.45) is 5.11 Å². The molecule has 0 aliphatic heterocycles. The summed E-state index contributed by atoms with van der Waals surface area (Å²) < 4.78 is 17.0. The van der Waals surface area contributed by atoms with Gasteiger partial charge in [0.15, 0.2) is 0 Å². The van der Waals surface area contributed by atoms with Crippen LogP contribution in [0.5, 0.6) is 0 Å². The Hall–Kier alpha value is -2.33. The van der Waals surface area contributed by atoms with Crippen molar-refractivity contribution in [3.05, 3.63) is 51.8 Å². The first-order valence-electron chi connectivity index (χ1n) is 4.28. The van der Waals surface area contributed by atoms with Gasteiger partial charge < -0.3 is 4.74 Å². The largest absolute Gasteiger partial charge is 0.466 e. The molecule has 0 atom stereocenters. The molecular formula is C10H8FN3O2. The zero-order valence-electron chi connectivity index (χ0n) is 8.42. The molecule has 0 bridgehead atoms. The summed E-state index contributed by atoms with van der Waals surface area (Å²) in [6.07, 6.45) is 1.31. The molecule has 0 aliphatic rings. The van der Waals surface area contributed by atoms with Crippen molar-refractivity contribution in [1.29, 1.82) is 0 Å². The second kappa shape index (κ2) is 5.53. The average molecular weight is 221 g/mol. The number of azide groups is 1. The zero-order valence-corrected chi connectivity index (χ0v) is 8.42. The highest BCUT2D eigenvalue weighted by atomic mass is 19.1. The number of rotatable bonds is 3. The third kappa shape index (κ3) is 3.11. The SMILES string of the molecule is COC(=O)/C(=C\c1ccc(F)cc1)N=[N+]=[N-]. The van der Waals surface area contributed by atoms with E-state index in [0.717, 1.165) is 0 Å². The summed E-state index contributed by atoms with van der Waals surface area (Å²) in [4.78, 5) is 13.6. The number of esters is 1. The van der Waals surface area contributed by atoms with E-state index in [2.05, 4.69) is 14.8 Å². The number of halogens is 1. The summed E-state index contributed by atoms with van der Waals surface area (Å²) in [5, 5.41) is 3.19. The molecular weight excluding hydrogens is 213 g/mol. The number of hydrogen-bond acceptors (Lipinski definition) is 3. The van der Waals surface area contributed by atoms with Crippen LogP contribution in [0.25, 0.3) is 16.5 Å². The van der Waals surface area contributed by atoms with E-state index in [0.29, 0.717) is 5.56 Å². The lowest BCUT2D eigenvalue weighted by atomic mass is 10.2. The van der Waals surface area contributed by atoms with Crippen LogP contribution in [0.1, 0.15) is 5.56 Å². The van der Waals surface area contributed by atoms with Crippen molar-refractivity contribution >= 4 is 12.0 Å². The van der Waals surface area contributed by atoms with Gasteiger partial charge in [-0.25, -0.2) is 9.18 Å². The molecule has 0 aliphatic carbocycles. The van der Waals surface area contributed by atoms with Crippen molar-refractivity contribution in [2.75, 3.05) is 7.11 Å². The Balaban J connectivity index is 3.06. The van der Waals surface area contributed by atoms with Crippen LogP contribution >= 0.6 is 0 Å². The lowest BCUT2D eigenvalue weighted by Crippen LogP contribution is -2.01. The third-order valence-electron chi connectivity index (χ3n) is 1.72. The number of nitrogens with zero attached hydrogens (tertiary/aromatic N) is 3. The molecule has 0 saturated heterocycles. The number of carbonyl (C=O) groups is 1. The van der Waals surface area contributed by atoms with E-state index in [9.17, 15) is 9.18 Å². The molecule has 0 saturated carbocycles. The monoisotopic (exact) mass is 221 g/mol. The molecule has 0 heterocycles. The quantitative estimate of drug-likeness (QED) is 0.258. The topological polar surface area (TPSA) is 75.1 Å². The second-order valence-electron chi connectivity index (χ2n) is 2.76. The fourth-order valence-electron chi connectivity index (χ4n) is 0.998. The van der Waals surface area contributed by atoms with Crippen LogP contribution in [0, 0.1) is 5.82 Å². The summed E-state index contributed by atoms with van der Waals surface area (Å²) >= 11 is 0. The standard InChI is InChI=1S/C10H8FN3O2/c1-16-10(15)9(13-14-12)6-7-2-4-8(11)5-3-7/h2-6H,1H3/b9-6+. The molecule has 0 fully saturated rings. The fourth-order valence-corrected chi connectivity index (χ4v) is 0.998. The number of benzene rings is 1. The Morgan fingerprint density at radius 2 is 2.12 bits per heavy atom. The average Bonchev–Trinajstić information content (AvgIpc) is 2.30.